The molecule has 3 rings (SSSR count). The molecule has 0 aliphatic heterocycles. The first-order chi connectivity index (χ1) is 9.65. The van der Waals surface area contributed by atoms with Crippen LogP contribution in [-0.2, 0) is 0 Å². The average Bonchev–Trinajstić information content (AvgIpc) is 2.46. The van der Waals surface area contributed by atoms with Crippen LogP contribution < -0.4 is 5.73 Å². The molecule has 1 aromatic heterocycles. The molecule has 3 nitrogen and oxygen atoms in total. The Kier molecular flexibility index (Phi) is 2.91. The van der Waals surface area contributed by atoms with Gasteiger partial charge in [-0.05, 0) is 42.5 Å². The Balaban J connectivity index is 2.16. The molecule has 0 amide bonds. The number of para-hydroxylation sites is 1. The number of anilines is 1. The molecule has 0 aliphatic carbocycles. The first-order valence-electron chi connectivity index (χ1n) is 6.11. The number of hydrogen-bond acceptors (Lipinski definition) is 3. The second-order valence-electron chi connectivity index (χ2n) is 4.45. The lowest BCUT2D eigenvalue weighted by atomic mass is 10.0. The van der Waals surface area contributed by atoms with Crippen molar-refractivity contribution in [2.45, 2.75) is 0 Å². The summed E-state index contributed by atoms with van der Waals surface area (Å²) < 4.78 is 12.9. The number of rotatable bonds is 2. The Morgan fingerprint density at radius 2 is 1.75 bits per heavy atom. The Bertz CT molecular complexity index is 797. The summed E-state index contributed by atoms with van der Waals surface area (Å²) in [6.07, 6.45) is 0. The maximum atomic E-state index is 12.9. The van der Waals surface area contributed by atoms with Gasteiger partial charge < -0.3 is 5.73 Å². The van der Waals surface area contributed by atoms with Crippen molar-refractivity contribution in [1.82, 2.24) is 4.98 Å². The molecule has 0 radical (unpaired) electrons. The third kappa shape index (κ3) is 2.12. The summed E-state index contributed by atoms with van der Waals surface area (Å²) in [4.78, 5) is 16.7. The maximum absolute atomic E-state index is 12.9. The van der Waals surface area contributed by atoms with Crippen LogP contribution in [0.5, 0.6) is 0 Å². The van der Waals surface area contributed by atoms with Crippen LogP contribution >= 0.6 is 0 Å². The highest BCUT2D eigenvalue weighted by atomic mass is 19.1. The van der Waals surface area contributed by atoms with Crippen molar-refractivity contribution in [1.29, 1.82) is 0 Å². The lowest BCUT2D eigenvalue weighted by molar-refractivity contribution is 0.104. The fourth-order valence-electron chi connectivity index (χ4n) is 2.10. The van der Waals surface area contributed by atoms with E-state index in [9.17, 15) is 9.18 Å². The van der Waals surface area contributed by atoms with Gasteiger partial charge in [0.1, 0.15) is 11.6 Å². The van der Waals surface area contributed by atoms with Crippen LogP contribution in [-0.4, -0.2) is 10.8 Å². The average molecular weight is 266 g/mol. The van der Waals surface area contributed by atoms with Crippen LogP contribution in [0.15, 0.2) is 54.6 Å². The molecule has 2 N–H and O–H groups in total. The van der Waals surface area contributed by atoms with Crippen molar-refractivity contribution in [3.05, 3.63) is 71.5 Å². The van der Waals surface area contributed by atoms with E-state index in [1.165, 1.54) is 24.3 Å². The largest absolute Gasteiger partial charge is 0.384 e. The standard InChI is InChI=1S/C16H11FN2O/c17-12-7-4-11(5-8-12)16(20)13-3-1-2-10-6-9-14(18)19-15(10)13/h1-9H,(H2,18,19). The summed E-state index contributed by atoms with van der Waals surface area (Å²) in [5.74, 6) is -0.215. The number of nitrogen functional groups attached to an aromatic ring is 1. The molecule has 0 atom stereocenters. The van der Waals surface area contributed by atoms with E-state index in [0.717, 1.165) is 5.39 Å². The Morgan fingerprint density at radius 3 is 2.50 bits per heavy atom. The number of nitrogens with two attached hydrogens (primary N) is 1. The SMILES string of the molecule is Nc1ccc2cccc(C(=O)c3ccc(F)cc3)c2n1. The van der Waals surface area contributed by atoms with Crippen molar-refractivity contribution in [3.8, 4) is 0 Å². The topological polar surface area (TPSA) is 56.0 Å². The molecule has 0 bridgehead atoms. The summed E-state index contributed by atoms with van der Waals surface area (Å²) in [6.45, 7) is 0. The number of benzene rings is 2. The van der Waals surface area contributed by atoms with Gasteiger partial charge in [-0.15, -0.1) is 0 Å². The highest BCUT2D eigenvalue weighted by Gasteiger charge is 2.13. The van der Waals surface area contributed by atoms with E-state index in [-0.39, 0.29) is 11.6 Å². The van der Waals surface area contributed by atoms with Gasteiger partial charge in [-0.2, -0.15) is 0 Å². The molecule has 4 heteroatoms. The van der Waals surface area contributed by atoms with Crippen molar-refractivity contribution < 1.29 is 9.18 Å². The van der Waals surface area contributed by atoms with E-state index < -0.39 is 0 Å². The number of halogens is 1. The zero-order chi connectivity index (χ0) is 14.1. The van der Waals surface area contributed by atoms with Crippen molar-refractivity contribution in [2.24, 2.45) is 0 Å². The minimum Gasteiger partial charge on any atom is -0.384 e. The molecule has 20 heavy (non-hydrogen) atoms. The minimum absolute atomic E-state index is 0.200. The van der Waals surface area contributed by atoms with Gasteiger partial charge in [0.05, 0.1) is 5.52 Å². The number of nitrogens with zero attached hydrogens (tertiary/aromatic N) is 1. The van der Waals surface area contributed by atoms with Crippen LogP contribution in [0.3, 0.4) is 0 Å². The maximum Gasteiger partial charge on any atom is 0.195 e. The van der Waals surface area contributed by atoms with Gasteiger partial charge in [-0.25, -0.2) is 9.37 Å². The summed E-state index contributed by atoms with van der Waals surface area (Å²) in [7, 11) is 0. The lowest BCUT2D eigenvalue weighted by Gasteiger charge is -2.06. The second kappa shape index (κ2) is 4.74. The quantitative estimate of drug-likeness (QED) is 0.725. The number of ketones is 1. The summed E-state index contributed by atoms with van der Waals surface area (Å²) in [6, 6.07) is 14.3. The van der Waals surface area contributed by atoms with Crippen LogP contribution in [0.2, 0.25) is 0 Å². The molecule has 0 aliphatic rings. The van der Waals surface area contributed by atoms with Gasteiger partial charge in [-0.3, -0.25) is 4.79 Å². The lowest BCUT2D eigenvalue weighted by Crippen LogP contribution is -2.04. The van der Waals surface area contributed by atoms with Crippen LogP contribution in [0.4, 0.5) is 10.2 Å². The summed E-state index contributed by atoms with van der Waals surface area (Å²) in [5, 5.41) is 0.840. The predicted octanol–water partition coefficient (Wildman–Crippen LogP) is 3.19. The van der Waals surface area contributed by atoms with Crippen LogP contribution in [0, 0.1) is 5.82 Å². The van der Waals surface area contributed by atoms with Crippen molar-refractivity contribution in [3.63, 3.8) is 0 Å². The molecular formula is C16H11FN2O. The van der Waals surface area contributed by atoms with Gasteiger partial charge in [0.2, 0.25) is 0 Å². The van der Waals surface area contributed by atoms with E-state index in [4.69, 9.17) is 5.73 Å². The number of carbonyl (C=O) groups excluding carboxylic acids is 1. The zero-order valence-electron chi connectivity index (χ0n) is 10.5. The Labute approximate surface area is 114 Å². The number of pyridine rings is 1. The van der Waals surface area contributed by atoms with E-state index in [0.29, 0.717) is 22.5 Å². The zero-order valence-corrected chi connectivity index (χ0v) is 10.5. The molecule has 2 aromatic carbocycles. The fraction of sp³-hybridized carbons (Fsp3) is 0. The molecule has 98 valence electrons. The number of fused-ring (bicyclic) bond motifs is 1. The predicted molar refractivity (Wildman–Crippen MR) is 76.0 cm³/mol. The van der Waals surface area contributed by atoms with Crippen LogP contribution in [0.25, 0.3) is 10.9 Å². The van der Waals surface area contributed by atoms with Gasteiger partial charge in [-0.1, -0.05) is 12.1 Å². The van der Waals surface area contributed by atoms with Gasteiger partial charge in [0, 0.05) is 16.5 Å². The summed E-state index contributed by atoms with van der Waals surface area (Å²) in [5.41, 5.74) is 7.12. The van der Waals surface area contributed by atoms with E-state index >= 15 is 0 Å². The second-order valence-corrected chi connectivity index (χ2v) is 4.45. The van der Waals surface area contributed by atoms with Crippen molar-refractivity contribution >= 4 is 22.5 Å². The molecule has 0 spiro atoms. The van der Waals surface area contributed by atoms with Gasteiger partial charge in [0.25, 0.3) is 0 Å². The Morgan fingerprint density at radius 1 is 1.00 bits per heavy atom. The number of hydrogen-bond donors (Lipinski definition) is 1. The van der Waals surface area contributed by atoms with E-state index in [2.05, 4.69) is 4.98 Å². The molecule has 0 unspecified atom stereocenters. The highest BCUT2D eigenvalue weighted by Crippen LogP contribution is 2.21. The van der Waals surface area contributed by atoms with E-state index in [1.54, 1.807) is 18.2 Å². The fourth-order valence-corrected chi connectivity index (χ4v) is 2.10. The molecule has 0 saturated heterocycles. The third-order valence-corrected chi connectivity index (χ3v) is 3.09. The van der Waals surface area contributed by atoms with Gasteiger partial charge in [0.15, 0.2) is 5.78 Å². The third-order valence-electron chi connectivity index (χ3n) is 3.09. The number of aromatic nitrogens is 1. The van der Waals surface area contributed by atoms with E-state index in [1.807, 2.05) is 12.1 Å². The molecule has 1 heterocycles. The first kappa shape index (κ1) is 12.3. The monoisotopic (exact) mass is 266 g/mol. The minimum atomic E-state index is -0.373. The van der Waals surface area contributed by atoms with Gasteiger partial charge >= 0.3 is 0 Å². The van der Waals surface area contributed by atoms with Crippen LogP contribution in [0.1, 0.15) is 15.9 Å². The smallest absolute Gasteiger partial charge is 0.195 e. The Hall–Kier alpha value is -2.75. The highest BCUT2D eigenvalue weighted by molar-refractivity contribution is 6.15. The molecular weight excluding hydrogens is 255 g/mol. The first-order valence-corrected chi connectivity index (χ1v) is 6.11. The summed E-state index contributed by atoms with van der Waals surface area (Å²) >= 11 is 0. The number of carbonyl (C=O) groups is 1. The van der Waals surface area contributed by atoms with Crippen molar-refractivity contribution in [2.75, 3.05) is 5.73 Å². The molecule has 0 saturated carbocycles. The normalized spacial score (nSPS) is 10.7. The molecule has 0 fully saturated rings. The molecule has 3 aromatic rings.